The Morgan fingerprint density at radius 1 is 0.750 bits per heavy atom. The summed E-state index contributed by atoms with van der Waals surface area (Å²) in [6.07, 6.45) is -1.16. The molecule has 0 radical (unpaired) electrons. The number of carbonyl (C=O) groups is 2. The van der Waals surface area contributed by atoms with E-state index < -0.39 is 28.0 Å². The molecule has 0 aliphatic carbocycles. The summed E-state index contributed by atoms with van der Waals surface area (Å²) in [5.74, 6) is 0.0658. The maximum absolute atomic E-state index is 13.0. The van der Waals surface area contributed by atoms with E-state index in [0.717, 1.165) is 11.1 Å². The minimum Gasteiger partial charge on any atom is -0.497 e. The zero-order valence-corrected chi connectivity index (χ0v) is 24.8. The van der Waals surface area contributed by atoms with Crippen LogP contribution in [0, 0.1) is 0 Å². The van der Waals surface area contributed by atoms with E-state index in [-0.39, 0.29) is 10.5 Å². The minimum atomic E-state index is -3.87. The summed E-state index contributed by atoms with van der Waals surface area (Å²) in [6, 6.07) is 25.0. The van der Waals surface area contributed by atoms with Crippen LogP contribution in [0.1, 0.15) is 17.3 Å². The fraction of sp³-hybridized carbons (Fsp3) is 0.125. The number of aromatic nitrogens is 2. The number of primary sulfonamides is 1. The van der Waals surface area contributed by atoms with E-state index in [1.54, 1.807) is 32.4 Å². The number of hydrogen-bond acceptors (Lipinski definition) is 9. The highest BCUT2D eigenvalue weighted by Gasteiger charge is 2.21. The fourth-order valence-electron chi connectivity index (χ4n) is 4.34. The number of fused-ring (bicyclic) bond motifs is 1. The van der Waals surface area contributed by atoms with Crippen molar-refractivity contribution in [2.45, 2.75) is 17.9 Å². The molecule has 12 heteroatoms. The number of nitrogens with two attached hydrogens (primary N) is 1. The smallest absolute Gasteiger partial charge is 0.338 e. The average molecular weight is 613 g/mol. The van der Waals surface area contributed by atoms with Crippen LogP contribution in [0.2, 0.25) is 0 Å². The van der Waals surface area contributed by atoms with Gasteiger partial charge in [-0.15, -0.1) is 0 Å². The lowest BCUT2D eigenvalue weighted by Gasteiger charge is -2.15. The zero-order valence-electron chi connectivity index (χ0n) is 24.0. The quantitative estimate of drug-likeness (QED) is 0.223. The summed E-state index contributed by atoms with van der Waals surface area (Å²) in [6.45, 7) is 1.43. The zero-order chi connectivity index (χ0) is 31.4. The van der Waals surface area contributed by atoms with Gasteiger partial charge in [-0.05, 0) is 97.9 Å². The van der Waals surface area contributed by atoms with Gasteiger partial charge in [-0.25, -0.2) is 28.3 Å². The molecule has 1 amide bonds. The van der Waals surface area contributed by atoms with Crippen molar-refractivity contribution in [1.82, 2.24) is 9.97 Å². The van der Waals surface area contributed by atoms with E-state index in [0.29, 0.717) is 39.6 Å². The number of hydrogen-bond donors (Lipinski definition) is 2. The van der Waals surface area contributed by atoms with Crippen molar-refractivity contribution in [3.8, 4) is 34.0 Å². The Kier molecular flexibility index (Phi) is 8.56. The van der Waals surface area contributed by atoms with E-state index >= 15 is 0 Å². The Balaban J connectivity index is 1.41. The van der Waals surface area contributed by atoms with Crippen LogP contribution in [-0.2, 0) is 19.6 Å². The molecule has 3 N–H and O–H groups in total. The van der Waals surface area contributed by atoms with Gasteiger partial charge in [0.15, 0.2) is 6.10 Å². The molecule has 224 valence electrons. The molecular weight excluding hydrogens is 584 g/mol. The number of esters is 1. The van der Waals surface area contributed by atoms with Crippen LogP contribution in [0.4, 0.5) is 5.69 Å². The maximum atomic E-state index is 13.0. The molecule has 1 aromatic heterocycles. The normalized spacial score (nSPS) is 11.9. The van der Waals surface area contributed by atoms with Gasteiger partial charge in [-0.2, -0.15) is 0 Å². The van der Waals surface area contributed by atoms with Crippen LogP contribution in [0.3, 0.4) is 0 Å². The highest BCUT2D eigenvalue weighted by molar-refractivity contribution is 7.89. The van der Waals surface area contributed by atoms with Gasteiger partial charge in [0.2, 0.25) is 10.0 Å². The van der Waals surface area contributed by atoms with E-state index in [4.69, 9.17) is 29.3 Å². The molecule has 44 heavy (non-hydrogen) atoms. The Morgan fingerprint density at radius 2 is 1.27 bits per heavy atom. The second kappa shape index (κ2) is 12.5. The number of nitrogens with zero attached hydrogens (tertiary/aromatic N) is 2. The standard InChI is InChI=1S/C32H28N4O7S/c1-19(31(37)34-23-9-15-26(16-10-23)44(33,39)40)43-32(38)22-8-17-27-28(18-22)36-30(21-6-13-25(42-3)14-7-21)29(35-27)20-4-11-24(41-2)12-5-20/h4-19H,1-3H3,(H,34,37)(H2,33,39,40). The molecular formula is C32H28N4O7S. The Morgan fingerprint density at radius 3 is 1.77 bits per heavy atom. The summed E-state index contributed by atoms with van der Waals surface area (Å²) in [5.41, 5.74) is 4.36. The molecule has 0 saturated carbocycles. The number of ether oxygens (including phenoxy) is 3. The molecule has 1 unspecified atom stereocenters. The number of rotatable bonds is 9. The lowest BCUT2D eigenvalue weighted by atomic mass is 10.0. The van der Waals surface area contributed by atoms with Crippen molar-refractivity contribution < 1.29 is 32.2 Å². The monoisotopic (exact) mass is 612 g/mol. The first-order valence-corrected chi connectivity index (χ1v) is 14.9. The molecule has 0 spiro atoms. The topological polar surface area (TPSA) is 160 Å². The summed E-state index contributed by atoms with van der Waals surface area (Å²) in [4.78, 5) is 35.4. The number of carbonyl (C=O) groups excluding carboxylic acids is 2. The number of methoxy groups -OCH3 is 2. The number of nitrogens with one attached hydrogen (secondary N) is 1. The predicted octanol–water partition coefficient (Wildman–Crippen LogP) is 4.81. The van der Waals surface area contributed by atoms with Crippen LogP contribution >= 0.6 is 0 Å². The van der Waals surface area contributed by atoms with E-state index in [2.05, 4.69) is 5.32 Å². The molecule has 0 aliphatic rings. The number of sulfonamides is 1. The van der Waals surface area contributed by atoms with Gasteiger partial charge < -0.3 is 19.5 Å². The Bertz CT molecular complexity index is 1940. The minimum absolute atomic E-state index is 0.0966. The molecule has 1 heterocycles. The van der Waals surface area contributed by atoms with Crippen LogP contribution in [-0.4, -0.2) is 50.6 Å². The van der Waals surface area contributed by atoms with Crippen LogP contribution in [0.25, 0.3) is 33.5 Å². The molecule has 11 nitrogen and oxygen atoms in total. The van der Waals surface area contributed by atoms with Crippen molar-refractivity contribution in [3.63, 3.8) is 0 Å². The Labute approximate surface area is 253 Å². The lowest BCUT2D eigenvalue weighted by Crippen LogP contribution is -2.30. The van der Waals surface area contributed by atoms with Crippen molar-refractivity contribution in [2.24, 2.45) is 5.14 Å². The highest BCUT2D eigenvalue weighted by Crippen LogP contribution is 2.33. The number of anilines is 1. The van der Waals surface area contributed by atoms with Gasteiger partial charge in [-0.1, -0.05) is 0 Å². The van der Waals surface area contributed by atoms with Gasteiger partial charge in [0.05, 0.1) is 47.1 Å². The van der Waals surface area contributed by atoms with Crippen molar-refractivity contribution in [3.05, 3.63) is 96.6 Å². The molecule has 4 aromatic carbocycles. The molecule has 0 aliphatic heterocycles. The second-order valence-corrected chi connectivity index (χ2v) is 11.2. The SMILES string of the molecule is COc1ccc(-c2nc3ccc(C(=O)OC(C)C(=O)Nc4ccc(S(N)(=O)=O)cc4)cc3nc2-c2ccc(OC)cc2)cc1. The number of benzene rings is 4. The maximum Gasteiger partial charge on any atom is 0.338 e. The van der Waals surface area contributed by atoms with Crippen LogP contribution < -0.4 is 19.9 Å². The largest absolute Gasteiger partial charge is 0.497 e. The first kappa shape index (κ1) is 30.1. The van der Waals surface area contributed by atoms with Gasteiger partial charge in [0, 0.05) is 16.8 Å². The van der Waals surface area contributed by atoms with E-state index in [9.17, 15) is 18.0 Å². The first-order chi connectivity index (χ1) is 21.0. The van der Waals surface area contributed by atoms with Crippen LogP contribution in [0.15, 0.2) is 95.9 Å². The van der Waals surface area contributed by atoms with Gasteiger partial charge in [0.1, 0.15) is 11.5 Å². The number of amides is 1. The molecule has 0 fully saturated rings. The predicted molar refractivity (Wildman–Crippen MR) is 165 cm³/mol. The molecule has 5 rings (SSSR count). The van der Waals surface area contributed by atoms with Gasteiger partial charge in [-0.3, -0.25) is 4.79 Å². The highest BCUT2D eigenvalue weighted by atomic mass is 32.2. The van der Waals surface area contributed by atoms with Gasteiger partial charge >= 0.3 is 5.97 Å². The molecule has 0 bridgehead atoms. The van der Waals surface area contributed by atoms with Gasteiger partial charge in [0.25, 0.3) is 5.91 Å². The third-order valence-corrected chi connectivity index (χ3v) is 7.66. The molecule has 1 atom stereocenters. The summed E-state index contributed by atoms with van der Waals surface area (Å²) < 4.78 is 38.9. The summed E-state index contributed by atoms with van der Waals surface area (Å²) in [5, 5.41) is 7.68. The third-order valence-electron chi connectivity index (χ3n) is 6.73. The molecule has 5 aromatic rings. The molecule has 0 saturated heterocycles. The van der Waals surface area contributed by atoms with Crippen molar-refractivity contribution >= 4 is 38.6 Å². The summed E-state index contributed by atoms with van der Waals surface area (Å²) >= 11 is 0. The fourth-order valence-corrected chi connectivity index (χ4v) is 4.85. The van der Waals surface area contributed by atoms with E-state index in [1.165, 1.54) is 31.2 Å². The van der Waals surface area contributed by atoms with E-state index in [1.807, 2.05) is 48.5 Å². The first-order valence-electron chi connectivity index (χ1n) is 13.3. The Hall–Kier alpha value is -5.33. The third kappa shape index (κ3) is 6.66. The summed E-state index contributed by atoms with van der Waals surface area (Å²) in [7, 11) is -0.681. The van der Waals surface area contributed by atoms with Crippen molar-refractivity contribution in [1.29, 1.82) is 0 Å². The lowest BCUT2D eigenvalue weighted by molar-refractivity contribution is -0.123. The second-order valence-electron chi connectivity index (χ2n) is 9.69. The average Bonchev–Trinajstić information content (AvgIpc) is 3.03. The van der Waals surface area contributed by atoms with Crippen LogP contribution in [0.5, 0.6) is 11.5 Å². The van der Waals surface area contributed by atoms with Crippen molar-refractivity contribution in [2.75, 3.05) is 19.5 Å².